The Morgan fingerprint density at radius 3 is 2.16 bits per heavy atom. The number of carbonyl (C=O) groups is 5. The molecule has 50 heavy (non-hydrogen) atoms. The minimum Gasteiger partial charge on any atom is -0.375 e. The zero-order chi connectivity index (χ0) is 36.3. The Bertz CT molecular complexity index is 1570. The summed E-state index contributed by atoms with van der Waals surface area (Å²) in [5.74, 6) is -1.12. The van der Waals surface area contributed by atoms with Gasteiger partial charge in [-0.1, -0.05) is 54.6 Å². The molecular formula is C38H50N4O7S. The van der Waals surface area contributed by atoms with Crippen molar-refractivity contribution >= 4 is 60.0 Å². The molecule has 4 rings (SSSR count). The Kier molecular flexibility index (Phi) is 13.8. The molecule has 270 valence electrons. The van der Waals surface area contributed by atoms with Crippen LogP contribution in [-0.2, 0) is 40.0 Å². The normalized spacial score (nSPS) is 16.7. The highest BCUT2D eigenvalue weighted by atomic mass is 32.1. The van der Waals surface area contributed by atoms with Gasteiger partial charge in [0.15, 0.2) is 0 Å². The number of amides is 5. The third-order valence-electron chi connectivity index (χ3n) is 8.87. The first kappa shape index (κ1) is 38.8. The lowest BCUT2D eigenvalue weighted by molar-refractivity contribution is -0.138. The Hall–Kier alpha value is -4.00. The van der Waals surface area contributed by atoms with E-state index in [9.17, 15) is 24.0 Å². The van der Waals surface area contributed by atoms with Gasteiger partial charge < -0.3 is 25.0 Å². The summed E-state index contributed by atoms with van der Waals surface area (Å²) in [6.45, 7) is 9.53. The lowest BCUT2D eigenvalue weighted by Gasteiger charge is -2.30. The molecule has 0 radical (unpaired) electrons. The summed E-state index contributed by atoms with van der Waals surface area (Å²) in [4.78, 5) is 64.9. The number of hydrogen-bond donors (Lipinski definition) is 3. The van der Waals surface area contributed by atoms with E-state index in [1.54, 1.807) is 4.90 Å². The van der Waals surface area contributed by atoms with E-state index in [1.165, 1.54) is 0 Å². The van der Waals surface area contributed by atoms with Crippen LogP contribution in [0.25, 0.3) is 12.2 Å². The van der Waals surface area contributed by atoms with E-state index in [0.29, 0.717) is 39.1 Å². The summed E-state index contributed by atoms with van der Waals surface area (Å²) in [7, 11) is 0. The van der Waals surface area contributed by atoms with Crippen LogP contribution in [0.5, 0.6) is 0 Å². The first-order valence-corrected chi connectivity index (χ1v) is 17.8. The summed E-state index contributed by atoms with van der Waals surface area (Å²) in [6, 6.07) is 15.9. The van der Waals surface area contributed by atoms with E-state index in [-0.39, 0.29) is 68.3 Å². The topological polar surface area (TPSA) is 134 Å². The first-order valence-electron chi connectivity index (χ1n) is 17.2. The highest BCUT2D eigenvalue weighted by Crippen LogP contribution is 2.29. The molecule has 2 heterocycles. The van der Waals surface area contributed by atoms with E-state index >= 15 is 0 Å². The van der Waals surface area contributed by atoms with Crippen molar-refractivity contribution in [1.29, 1.82) is 0 Å². The first-order chi connectivity index (χ1) is 23.7. The van der Waals surface area contributed by atoms with Crippen molar-refractivity contribution < 1.29 is 33.4 Å². The Balaban J connectivity index is 1.10. The van der Waals surface area contributed by atoms with E-state index in [4.69, 9.17) is 9.47 Å². The average molecular weight is 707 g/mol. The molecule has 0 aromatic heterocycles. The molecule has 2 aliphatic heterocycles. The van der Waals surface area contributed by atoms with Gasteiger partial charge in [-0.3, -0.25) is 28.9 Å². The van der Waals surface area contributed by atoms with E-state index < -0.39 is 16.5 Å². The van der Waals surface area contributed by atoms with Crippen molar-refractivity contribution in [2.45, 2.75) is 89.2 Å². The molecular weight excluding hydrogens is 657 g/mol. The molecule has 2 aromatic rings. The molecule has 1 fully saturated rings. The van der Waals surface area contributed by atoms with Crippen LogP contribution in [0.2, 0.25) is 0 Å². The van der Waals surface area contributed by atoms with Crippen LogP contribution in [0.1, 0.15) is 82.9 Å². The van der Waals surface area contributed by atoms with Gasteiger partial charge in [0, 0.05) is 45.3 Å². The van der Waals surface area contributed by atoms with Gasteiger partial charge in [-0.25, -0.2) is 0 Å². The summed E-state index contributed by atoms with van der Waals surface area (Å²) in [5.41, 5.74) is 2.91. The number of nitrogens with one attached hydrogen (secondary N) is 2. The number of anilines is 1. The highest BCUT2D eigenvalue weighted by Gasteiger charge is 2.36. The number of para-hydroxylation sites is 1. The monoisotopic (exact) mass is 706 g/mol. The number of fused-ring (bicyclic) bond motifs is 2. The lowest BCUT2D eigenvalue weighted by atomic mass is 10.0. The maximum Gasteiger partial charge on any atom is 0.242 e. The number of imide groups is 1. The number of carbonyl (C=O) groups excluding carboxylic acids is 5. The summed E-state index contributed by atoms with van der Waals surface area (Å²) in [5, 5.41) is 5.03. The van der Waals surface area contributed by atoms with Gasteiger partial charge in [0.1, 0.15) is 0 Å². The lowest BCUT2D eigenvalue weighted by Crippen LogP contribution is -2.37. The number of nitrogens with zero attached hydrogens (tertiary/aromatic N) is 2. The van der Waals surface area contributed by atoms with Gasteiger partial charge in [-0.15, -0.1) is 0 Å². The molecule has 0 aliphatic carbocycles. The Labute approximate surface area is 300 Å². The molecule has 1 unspecified atom stereocenters. The van der Waals surface area contributed by atoms with Crippen LogP contribution in [0.4, 0.5) is 5.69 Å². The summed E-state index contributed by atoms with van der Waals surface area (Å²) >= 11 is 4.09. The fraction of sp³-hybridized carbons (Fsp3) is 0.500. The number of hydrogen-bond acceptors (Lipinski definition) is 8. The Morgan fingerprint density at radius 2 is 1.42 bits per heavy atom. The number of ether oxygens (including phenoxy) is 2. The number of thiol groups is 1. The van der Waals surface area contributed by atoms with Crippen LogP contribution < -0.4 is 15.5 Å². The van der Waals surface area contributed by atoms with Crippen LogP contribution in [0.3, 0.4) is 0 Å². The number of benzene rings is 2. The van der Waals surface area contributed by atoms with Crippen molar-refractivity contribution in [3.8, 4) is 0 Å². The van der Waals surface area contributed by atoms with Crippen molar-refractivity contribution in [2.75, 3.05) is 37.7 Å². The fourth-order valence-electron chi connectivity index (χ4n) is 5.76. The van der Waals surface area contributed by atoms with Crippen LogP contribution in [0.15, 0.2) is 48.5 Å². The summed E-state index contributed by atoms with van der Waals surface area (Å²) in [6.07, 6.45) is 5.76. The van der Waals surface area contributed by atoms with E-state index in [0.717, 1.165) is 27.3 Å². The van der Waals surface area contributed by atoms with Gasteiger partial charge in [0.25, 0.3) is 0 Å². The maximum absolute atomic E-state index is 13.4. The third kappa shape index (κ3) is 11.5. The highest BCUT2D eigenvalue weighted by molar-refractivity contribution is 7.81. The molecule has 2 aliphatic rings. The van der Waals surface area contributed by atoms with Gasteiger partial charge in [-0.05, 0) is 63.3 Å². The molecule has 2 N–H and O–H groups in total. The molecule has 2 aromatic carbocycles. The quantitative estimate of drug-likeness (QED) is 0.125. The smallest absolute Gasteiger partial charge is 0.242 e. The molecule has 11 nitrogen and oxygen atoms in total. The average Bonchev–Trinajstić information content (AvgIpc) is 3.31. The fourth-order valence-corrected chi connectivity index (χ4v) is 6.05. The van der Waals surface area contributed by atoms with Gasteiger partial charge >= 0.3 is 0 Å². The largest absolute Gasteiger partial charge is 0.375 e. The molecule has 1 saturated heterocycles. The van der Waals surface area contributed by atoms with Crippen molar-refractivity contribution in [3.05, 3.63) is 65.2 Å². The van der Waals surface area contributed by atoms with Crippen molar-refractivity contribution in [1.82, 2.24) is 15.5 Å². The molecule has 0 spiro atoms. The molecule has 1 atom stereocenters. The maximum atomic E-state index is 13.4. The second-order valence-corrected chi connectivity index (χ2v) is 14.5. The standard InChI is InChI=1S/C38H50N4O7S/c1-37(2,48-23-19-38(3,4)49-24-21-40-33(44)17-22-41-35(46)25-31(50)36(41)47)18-15-32(43)39-20-16-34(45)42-26-29-11-6-5-9-27(29)13-14-28-10-7-8-12-30(28)42/h5-14,31,50H,15-26H2,1-4H3,(H,39,43)(H,40,44)/b14-13-. The van der Waals surface area contributed by atoms with Crippen molar-refractivity contribution in [2.24, 2.45) is 0 Å². The zero-order valence-electron chi connectivity index (χ0n) is 29.5. The van der Waals surface area contributed by atoms with Crippen LogP contribution >= 0.6 is 12.6 Å². The zero-order valence-corrected chi connectivity index (χ0v) is 30.4. The van der Waals surface area contributed by atoms with E-state index in [2.05, 4.69) is 29.3 Å². The number of likely N-dealkylation sites (tertiary alicyclic amines) is 1. The molecule has 5 amide bonds. The van der Waals surface area contributed by atoms with Crippen LogP contribution in [0, 0.1) is 0 Å². The van der Waals surface area contributed by atoms with Gasteiger partial charge in [-0.2, -0.15) is 12.6 Å². The molecule has 0 bridgehead atoms. The van der Waals surface area contributed by atoms with Crippen LogP contribution in [-0.4, -0.2) is 83.7 Å². The number of rotatable bonds is 17. The van der Waals surface area contributed by atoms with Crippen molar-refractivity contribution in [3.63, 3.8) is 0 Å². The minimum absolute atomic E-state index is 0.0293. The van der Waals surface area contributed by atoms with Gasteiger partial charge in [0.2, 0.25) is 29.5 Å². The summed E-state index contributed by atoms with van der Waals surface area (Å²) < 4.78 is 12.1. The minimum atomic E-state index is -0.624. The van der Waals surface area contributed by atoms with Gasteiger partial charge in [0.05, 0.1) is 41.9 Å². The molecule has 12 heteroatoms. The molecule has 0 saturated carbocycles. The SMILES string of the molecule is CC(C)(CCOC(C)(C)CCC(=O)NCCC(=O)N1Cc2ccccc2/C=C\c2ccccc21)OCCNC(=O)CCN1C(=O)CC(S)C1=O. The van der Waals surface area contributed by atoms with E-state index in [1.807, 2.05) is 82.3 Å². The third-order valence-corrected chi connectivity index (χ3v) is 9.27. The second-order valence-electron chi connectivity index (χ2n) is 13.8. The Morgan fingerprint density at radius 1 is 0.800 bits per heavy atom. The second kappa shape index (κ2) is 17.8. The predicted octanol–water partition coefficient (Wildman–Crippen LogP) is 4.53. The predicted molar refractivity (Wildman–Crippen MR) is 196 cm³/mol.